The summed E-state index contributed by atoms with van der Waals surface area (Å²) in [5, 5.41) is 11.5. The Morgan fingerprint density at radius 2 is 2.05 bits per heavy atom. The van der Waals surface area contributed by atoms with E-state index in [1.807, 2.05) is 18.4 Å². The van der Waals surface area contributed by atoms with Gasteiger partial charge in [-0.2, -0.15) is 0 Å². The Bertz CT molecular complexity index is 710. The van der Waals surface area contributed by atoms with Gasteiger partial charge in [0, 0.05) is 17.0 Å². The monoisotopic (exact) mass is 272 g/mol. The van der Waals surface area contributed by atoms with Gasteiger partial charge in [0.1, 0.15) is 11.5 Å². The van der Waals surface area contributed by atoms with Crippen LogP contribution in [0, 0.1) is 13.8 Å². The molecule has 0 bridgehead atoms. The lowest BCUT2D eigenvalue weighted by molar-refractivity contribution is 0.101. The Labute approximate surface area is 114 Å². The van der Waals surface area contributed by atoms with E-state index in [0.717, 1.165) is 16.0 Å². The number of rotatable bonds is 1. The number of carbonyl (C=O) groups excluding carboxylic acids is 1. The number of hydrogen-bond acceptors (Lipinski definition) is 4. The molecule has 0 spiro atoms. The van der Waals surface area contributed by atoms with Gasteiger partial charge in [0.2, 0.25) is 5.78 Å². The Morgan fingerprint density at radius 1 is 1.26 bits per heavy atom. The van der Waals surface area contributed by atoms with E-state index in [0.29, 0.717) is 17.1 Å². The second-order valence-corrected chi connectivity index (χ2v) is 5.49. The number of carbonyl (C=O) groups is 1. The molecule has 1 aliphatic heterocycles. The zero-order valence-electron chi connectivity index (χ0n) is 10.6. The quantitative estimate of drug-likeness (QED) is 0.805. The van der Waals surface area contributed by atoms with Crippen LogP contribution in [-0.4, -0.2) is 10.9 Å². The van der Waals surface area contributed by atoms with Crippen LogP contribution in [0.1, 0.15) is 26.4 Å². The van der Waals surface area contributed by atoms with Gasteiger partial charge in [-0.15, -0.1) is 11.3 Å². The van der Waals surface area contributed by atoms with Gasteiger partial charge in [-0.3, -0.25) is 4.79 Å². The number of ketones is 1. The van der Waals surface area contributed by atoms with Crippen LogP contribution < -0.4 is 4.74 Å². The molecule has 1 N–H and O–H groups in total. The van der Waals surface area contributed by atoms with Crippen LogP contribution in [0.5, 0.6) is 11.5 Å². The molecule has 0 aliphatic carbocycles. The van der Waals surface area contributed by atoms with E-state index in [9.17, 15) is 9.90 Å². The molecule has 0 fully saturated rings. The van der Waals surface area contributed by atoms with Crippen LogP contribution in [0.4, 0.5) is 0 Å². The molecule has 0 radical (unpaired) electrons. The SMILES string of the molecule is Cc1ccsc1/C=C1/Oc2cc(O)cc(C)c2C1=O. The first-order valence-corrected chi connectivity index (χ1v) is 6.76. The van der Waals surface area contributed by atoms with Crippen LogP contribution >= 0.6 is 11.3 Å². The minimum atomic E-state index is -0.125. The topological polar surface area (TPSA) is 46.5 Å². The van der Waals surface area contributed by atoms with Crippen LogP contribution in [0.15, 0.2) is 29.3 Å². The van der Waals surface area contributed by atoms with Gasteiger partial charge in [-0.05, 0) is 42.5 Å². The Hall–Kier alpha value is -2.07. The van der Waals surface area contributed by atoms with Gasteiger partial charge in [-0.25, -0.2) is 0 Å². The number of aromatic hydroxyl groups is 1. The van der Waals surface area contributed by atoms with E-state index in [-0.39, 0.29) is 11.5 Å². The van der Waals surface area contributed by atoms with Crippen molar-refractivity contribution in [2.75, 3.05) is 0 Å². The number of ether oxygens (including phenoxy) is 1. The first kappa shape index (κ1) is 12.0. The highest BCUT2D eigenvalue weighted by Gasteiger charge is 2.29. The highest BCUT2D eigenvalue weighted by Crippen LogP contribution is 2.37. The van der Waals surface area contributed by atoms with Gasteiger partial charge in [0.05, 0.1) is 5.56 Å². The minimum Gasteiger partial charge on any atom is -0.508 e. The van der Waals surface area contributed by atoms with E-state index in [1.165, 1.54) is 6.07 Å². The zero-order chi connectivity index (χ0) is 13.6. The molecule has 3 nitrogen and oxygen atoms in total. The van der Waals surface area contributed by atoms with E-state index in [1.54, 1.807) is 30.4 Å². The fraction of sp³-hybridized carbons (Fsp3) is 0.133. The summed E-state index contributed by atoms with van der Waals surface area (Å²) >= 11 is 1.57. The molecule has 2 heterocycles. The van der Waals surface area contributed by atoms with Crippen molar-refractivity contribution < 1.29 is 14.6 Å². The summed E-state index contributed by atoms with van der Waals surface area (Å²) in [6.45, 7) is 3.78. The average molecular weight is 272 g/mol. The molecule has 0 atom stereocenters. The molecule has 19 heavy (non-hydrogen) atoms. The fourth-order valence-electron chi connectivity index (χ4n) is 2.14. The first-order chi connectivity index (χ1) is 9.06. The third-order valence-corrected chi connectivity index (χ3v) is 4.08. The number of thiophene rings is 1. The van der Waals surface area contributed by atoms with E-state index >= 15 is 0 Å². The molecule has 1 aliphatic rings. The van der Waals surface area contributed by atoms with Crippen LogP contribution in [0.25, 0.3) is 6.08 Å². The molecular formula is C15H12O3S. The van der Waals surface area contributed by atoms with Crippen molar-refractivity contribution in [3.05, 3.63) is 50.9 Å². The van der Waals surface area contributed by atoms with Crippen molar-refractivity contribution >= 4 is 23.2 Å². The molecular weight excluding hydrogens is 260 g/mol. The molecule has 1 aromatic carbocycles. The number of benzene rings is 1. The fourth-order valence-corrected chi connectivity index (χ4v) is 2.99. The normalized spacial score (nSPS) is 15.7. The largest absolute Gasteiger partial charge is 0.508 e. The van der Waals surface area contributed by atoms with Crippen LogP contribution in [0.3, 0.4) is 0 Å². The van der Waals surface area contributed by atoms with Crippen molar-refractivity contribution in [2.45, 2.75) is 13.8 Å². The minimum absolute atomic E-state index is 0.109. The van der Waals surface area contributed by atoms with Crippen molar-refractivity contribution in [3.8, 4) is 11.5 Å². The highest BCUT2D eigenvalue weighted by atomic mass is 32.1. The molecule has 2 aromatic rings. The van der Waals surface area contributed by atoms with Crippen molar-refractivity contribution in [1.29, 1.82) is 0 Å². The summed E-state index contributed by atoms with van der Waals surface area (Å²) in [5.74, 6) is 0.732. The van der Waals surface area contributed by atoms with Gasteiger partial charge >= 0.3 is 0 Å². The molecule has 0 amide bonds. The number of aryl methyl sites for hydroxylation is 2. The molecule has 4 heteroatoms. The molecule has 96 valence electrons. The maximum atomic E-state index is 12.3. The summed E-state index contributed by atoms with van der Waals surface area (Å²) in [4.78, 5) is 13.3. The summed E-state index contributed by atoms with van der Waals surface area (Å²) in [6.07, 6.45) is 1.76. The number of fused-ring (bicyclic) bond motifs is 1. The molecule has 1 aromatic heterocycles. The number of phenolic OH excluding ortho intramolecular Hbond substituents is 1. The lowest BCUT2D eigenvalue weighted by Crippen LogP contribution is -1.99. The summed E-state index contributed by atoms with van der Waals surface area (Å²) < 4.78 is 5.57. The second-order valence-electron chi connectivity index (χ2n) is 4.54. The maximum absolute atomic E-state index is 12.3. The molecule has 0 unspecified atom stereocenters. The molecule has 0 saturated carbocycles. The third-order valence-electron chi connectivity index (χ3n) is 3.12. The van der Waals surface area contributed by atoms with E-state index < -0.39 is 0 Å². The van der Waals surface area contributed by atoms with Gasteiger partial charge < -0.3 is 9.84 Å². The average Bonchev–Trinajstić information content (AvgIpc) is 2.85. The van der Waals surface area contributed by atoms with Gasteiger partial charge in [-0.1, -0.05) is 0 Å². The second kappa shape index (κ2) is 4.24. The molecule has 3 rings (SSSR count). The van der Waals surface area contributed by atoms with Crippen molar-refractivity contribution in [3.63, 3.8) is 0 Å². The lowest BCUT2D eigenvalue weighted by Gasteiger charge is -2.00. The maximum Gasteiger partial charge on any atom is 0.232 e. The standard InChI is InChI=1S/C15H12O3S/c1-8-3-4-19-13(8)7-12-15(17)14-9(2)5-10(16)6-11(14)18-12/h3-7,16H,1-2H3/b12-7+. The van der Waals surface area contributed by atoms with Crippen LogP contribution in [-0.2, 0) is 0 Å². The predicted molar refractivity (Wildman–Crippen MR) is 74.8 cm³/mol. The van der Waals surface area contributed by atoms with E-state index in [4.69, 9.17) is 4.74 Å². The van der Waals surface area contributed by atoms with Gasteiger partial charge in [0.15, 0.2) is 5.76 Å². The predicted octanol–water partition coefficient (Wildman–Crippen LogP) is 3.69. The summed E-state index contributed by atoms with van der Waals surface area (Å²) in [6, 6.07) is 5.04. The van der Waals surface area contributed by atoms with Crippen LogP contribution in [0.2, 0.25) is 0 Å². The summed E-state index contributed by atoms with van der Waals surface area (Å²) in [5.41, 5.74) is 2.38. The smallest absolute Gasteiger partial charge is 0.232 e. The lowest BCUT2D eigenvalue weighted by atomic mass is 10.0. The first-order valence-electron chi connectivity index (χ1n) is 5.88. The highest BCUT2D eigenvalue weighted by molar-refractivity contribution is 7.11. The number of Topliss-reactive ketones (excluding diaryl/α,β-unsaturated/α-hetero) is 1. The zero-order valence-corrected chi connectivity index (χ0v) is 11.4. The molecule has 0 saturated heterocycles. The summed E-state index contributed by atoms with van der Waals surface area (Å²) in [7, 11) is 0. The number of hydrogen-bond donors (Lipinski definition) is 1. The van der Waals surface area contributed by atoms with E-state index in [2.05, 4.69) is 0 Å². The Morgan fingerprint density at radius 3 is 2.74 bits per heavy atom. The van der Waals surface area contributed by atoms with Crippen molar-refractivity contribution in [1.82, 2.24) is 0 Å². The van der Waals surface area contributed by atoms with Gasteiger partial charge in [0.25, 0.3) is 0 Å². The number of allylic oxidation sites excluding steroid dienone is 1. The Kier molecular flexibility index (Phi) is 2.68. The third kappa shape index (κ3) is 1.94. The van der Waals surface area contributed by atoms with Crippen molar-refractivity contribution in [2.24, 2.45) is 0 Å². The number of phenols is 1. The Balaban J connectivity index is 2.07.